The van der Waals surface area contributed by atoms with Gasteiger partial charge in [-0.05, 0) is 42.8 Å². The van der Waals surface area contributed by atoms with E-state index in [1.807, 2.05) is 31.2 Å². The summed E-state index contributed by atoms with van der Waals surface area (Å²) in [5.41, 5.74) is 8.13. The Morgan fingerprint density at radius 1 is 1.12 bits per heavy atom. The zero-order chi connectivity index (χ0) is 18.3. The monoisotopic (exact) mass is 354 g/mol. The molecule has 0 radical (unpaired) electrons. The fourth-order valence-corrected chi connectivity index (χ4v) is 2.60. The van der Waals surface area contributed by atoms with E-state index in [0.717, 1.165) is 16.5 Å². The van der Waals surface area contributed by atoms with Crippen LogP contribution in [0.1, 0.15) is 27.0 Å². The lowest BCUT2D eigenvalue weighted by molar-refractivity contribution is 0.100. The zero-order valence-electron chi connectivity index (χ0n) is 13.7. The van der Waals surface area contributed by atoms with E-state index in [0.29, 0.717) is 11.1 Å². The quantitative estimate of drug-likeness (QED) is 0.805. The number of hydrogen-bond donors (Lipinski definition) is 2. The van der Waals surface area contributed by atoms with Crippen molar-refractivity contribution >= 4 is 22.0 Å². The molecule has 1 amide bonds. The molecule has 2 aromatic carbocycles. The molecule has 0 atom stereocenters. The number of sulfonamides is 1. The van der Waals surface area contributed by atoms with Crippen molar-refractivity contribution in [1.29, 1.82) is 0 Å². The number of carbonyl (C=O) groups excluding carboxylic acids is 1. The van der Waals surface area contributed by atoms with Crippen molar-refractivity contribution in [3.63, 3.8) is 0 Å². The molecule has 0 saturated heterocycles. The Balaban J connectivity index is 1.92. The van der Waals surface area contributed by atoms with Crippen LogP contribution in [0.25, 0.3) is 6.08 Å². The van der Waals surface area contributed by atoms with Crippen LogP contribution in [0.3, 0.4) is 0 Å². The molecular formula is C19H18N2O3S. The molecule has 0 spiro atoms. The first-order valence-electron chi connectivity index (χ1n) is 7.49. The average Bonchev–Trinajstić information content (AvgIpc) is 2.59. The van der Waals surface area contributed by atoms with Gasteiger partial charge < -0.3 is 5.73 Å². The van der Waals surface area contributed by atoms with E-state index in [4.69, 9.17) is 5.73 Å². The molecule has 0 aliphatic rings. The Morgan fingerprint density at radius 2 is 1.76 bits per heavy atom. The van der Waals surface area contributed by atoms with Crippen LogP contribution in [-0.2, 0) is 10.0 Å². The molecule has 6 heteroatoms. The van der Waals surface area contributed by atoms with E-state index >= 15 is 0 Å². The number of nitrogens with one attached hydrogen (secondary N) is 1. The van der Waals surface area contributed by atoms with Crippen molar-refractivity contribution in [2.24, 2.45) is 5.73 Å². The van der Waals surface area contributed by atoms with E-state index in [-0.39, 0.29) is 6.54 Å². The Kier molecular flexibility index (Phi) is 6.12. The maximum Gasteiger partial charge on any atom is 0.248 e. The molecule has 2 rings (SSSR count). The zero-order valence-corrected chi connectivity index (χ0v) is 14.5. The molecule has 0 aliphatic carbocycles. The third-order valence-electron chi connectivity index (χ3n) is 3.28. The second-order valence-corrected chi connectivity index (χ2v) is 6.97. The summed E-state index contributed by atoms with van der Waals surface area (Å²) in [6, 6.07) is 14.0. The van der Waals surface area contributed by atoms with Gasteiger partial charge in [0.1, 0.15) is 0 Å². The number of nitrogens with two attached hydrogens (primary N) is 1. The Bertz CT molecular complexity index is 933. The van der Waals surface area contributed by atoms with Crippen LogP contribution in [0.2, 0.25) is 0 Å². The third-order valence-corrected chi connectivity index (χ3v) is 4.32. The van der Waals surface area contributed by atoms with Gasteiger partial charge in [-0.3, -0.25) is 4.79 Å². The highest BCUT2D eigenvalue weighted by Crippen LogP contribution is 2.06. The largest absolute Gasteiger partial charge is 0.366 e. The Hall–Kier alpha value is -2.88. The Morgan fingerprint density at radius 3 is 2.36 bits per heavy atom. The molecule has 2 aromatic rings. The van der Waals surface area contributed by atoms with Gasteiger partial charge in [0.15, 0.2) is 0 Å². The highest BCUT2D eigenvalue weighted by atomic mass is 32.2. The van der Waals surface area contributed by atoms with Crippen molar-refractivity contribution in [3.05, 3.63) is 76.2 Å². The van der Waals surface area contributed by atoms with Gasteiger partial charge in [-0.1, -0.05) is 41.7 Å². The molecule has 25 heavy (non-hydrogen) atoms. The van der Waals surface area contributed by atoms with Crippen LogP contribution in [0.5, 0.6) is 0 Å². The minimum absolute atomic E-state index is 0.0157. The molecule has 128 valence electrons. The van der Waals surface area contributed by atoms with Crippen molar-refractivity contribution in [3.8, 4) is 11.8 Å². The average molecular weight is 354 g/mol. The van der Waals surface area contributed by atoms with E-state index in [2.05, 4.69) is 16.6 Å². The summed E-state index contributed by atoms with van der Waals surface area (Å²) in [4.78, 5) is 11.0. The van der Waals surface area contributed by atoms with E-state index < -0.39 is 15.9 Å². The molecule has 5 nitrogen and oxygen atoms in total. The van der Waals surface area contributed by atoms with Crippen molar-refractivity contribution < 1.29 is 13.2 Å². The van der Waals surface area contributed by atoms with Crippen LogP contribution in [0.15, 0.2) is 53.9 Å². The maximum absolute atomic E-state index is 11.9. The fraction of sp³-hybridized carbons (Fsp3) is 0.105. The number of benzene rings is 2. The normalized spacial score (nSPS) is 11.1. The van der Waals surface area contributed by atoms with E-state index in [9.17, 15) is 13.2 Å². The van der Waals surface area contributed by atoms with Gasteiger partial charge in [0.05, 0.1) is 6.54 Å². The van der Waals surface area contributed by atoms with Gasteiger partial charge in [0.25, 0.3) is 0 Å². The fourth-order valence-electron chi connectivity index (χ4n) is 1.89. The first kappa shape index (κ1) is 18.5. The lowest BCUT2D eigenvalue weighted by atomic mass is 10.1. The molecule has 0 aliphatic heterocycles. The topological polar surface area (TPSA) is 89.3 Å². The highest BCUT2D eigenvalue weighted by Gasteiger charge is 2.02. The summed E-state index contributed by atoms with van der Waals surface area (Å²) >= 11 is 0. The van der Waals surface area contributed by atoms with Crippen LogP contribution >= 0.6 is 0 Å². The molecule has 0 heterocycles. The van der Waals surface area contributed by atoms with Crippen LogP contribution in [-0.4, -0.2) is 20.9 Å². The summed E-state index contributed by atoms with van der Waals surface area (Å²) in [7, 11) is -3.56. The second-order valence-electron chi connectivity index (χ2n) is 5.32. The number of carbonyl (C=O) groups is 1. The first-order valence-corrected chi connectivity index (χ1v) is 9.03. The second kappa shape index (κ2) is 8.29. The smallest absolute Gasteiger partial charge is 0.248 e. The van der Waals surface area contributed by atoms with Crippen molar-refractivity contribution in [2.75, 3.05) is 6.54 Å². The molecular weight excluding hydrogens is 336 g/mol. The predicted molar refractivity (Wildman–Crippen MR) is 99.0 cm³/mol. The molecule has 0 saturated carbocycles. The van der Waals surface area contributed by atoms with Gasteiger partial charge in [-0.15, -0.1) is 0 Å². The van der Waals surface area contributed by atoms with Crippen LogP contribution < -0.4 is 10.5 Å². The molecule has 3 N–H and O–H groups in total. The minimum atomic E-state index is -3.56. The van der Waals surface area contributed by atoms with Gasteiger partial charge in [-0.2, -0.15) is 4.72 Å². The minimum Gasteiger partial charge on any atom is -0.366 e. The van der Waals surface area contributed by atoms with Crippen LogP contribution in [0.4, 0.5) is 0 Å². The summed E-state index contributed by atoms with van der Waals surface area (Å²) in [5.74, 6) is 5.03. The number of amides is 1. The van der Waals surface area contributed by atoms with Gasteiger partial charge >= 0.3 is 0 Å². The van der Waals surface area contributed by atoms with Gasteiger partial charge in [0.2, 0.25) is 15.9 Å². The van der Waals surface area contributed by atoms with E-state index in [1.165, 1.54) is 6.08 Å². The first-order chi connectivity index (χ1) is 11.9. The van der Waals surface area contributed by atoms with Crippen molar-refractivity contribution in [2.45, 2.75) is 6.92 Å². The van der Waals surface area contributed by atoms with Gasteiger partial charge in [0, 0.05) is 16.5 Å². The summed E-state index contributed by atoms with van der Waals surface area (Å²) in [5, 5.41) is 1.11. The lowest BCUT2D eigenvalue weighted by Crippen LogP contribution is -2.21. The van der Waals surface area contributed by atoms with Crippen LogP contribution in [0, 0.1) is 18.8 Å². The molecule has 0 aromatic heterocycles. The standard InChI is InChI=1S/C19H18N2O3S/c1-15-4-6-17(7-5-15)12-14-25(23,24)21-13-2-3-16-8-10-18(11-9-16)19(20)22/h4-12,14,21H,13H2,1H3,(H2,20,22)/b14-12+. The summed E-state index contributed by atoms with van der Waals surface area (Å²) in [6.45, 7) is 1.95. The number of hydrogen-bond acceptors (Lipinski definition) is 3. The summed E-state index contributed by atoms with van der Waals surface area (Å²) < 4.78 is 26.1. The highest BCUT2D eigenvalue weighted by molar-refractivity contribution is 7.92. The number of aryl methyl sites for hydroxylation is 1. The predicted octanol–water partition coefficient (Wildman–Crippen LogP) is 2.04. The number of primary amides is 1. The third kappa shape index (κ3) is 6.26. The Labute approximate surface area is 147 Å². The maximum atomic E-state index is 11.9. The number of rotatable bonds is 5. The SMILES string of the molecule is Cc1ccc(/C=C/S(=O)(=O)NCC#Cc2ccc(C(N)=O)cc2)cc1. The lowest BCUT2D eigenvalue weighted by Gasteiger charge is -1.98. The molecule has 0 bridgehead atoms. The molecule has 0 unspecified atom stereocenters. The van der Waals surface area contributed by atoms with E-state index in [1.54, 1.807) is 24.3 Å². The summed E-state index contributed by atoms with van der Waals surface area (Å²) in [6.07, 6.45) is 1.53. The molecule has 0 fully saturated rings. The van der Waals surface area contributed by atoms with Crippen molar-refractivity contribution in [1.82, 2.24) is 4.72 Å². The van der Waals surface area contributed by atoms with Gasteiger partial charge in [-0.25, -0.2) is 8.42 Å².